The fourth-order valence-electron chi connectivity index (χ4n) is 5.75. The highest BCUT2D eigenvalue weighted by Crippen LogP contribution is 2.30. The monoisotopic (exact) mass is 639 g/mol. The number of amides is 2. The van der Waals surface area contributed by atoms with Gasteiger partial charge in [-0.05, 0) is 54.7 Å². The molecule has 1 N–H and O–H groups in total. The van der Waals surface area contributed by atoms with E-state index < -0.39 is 16.1 Å². The number of hydrogen-bond acceptors (Lipinski definition) is 5. The maximum atomic E-state index is 14.1. The van der Waals surface area contributed by atoms with Crippen molar-refractivity contribution in [2.45, 2.75) is 70.0 Å². The second-order valence-electron chi connectivity index (χ2n) is 11.3. The van der Waals surface area contributed by atoms with E-state index in [0.717, 1.165) is 43.1 Å². The van der Waals surface area contributed by atoms with E-state index in [1.54, 1.807) is 41.3 Å². The number of carbonyl (C=O) groups excluding carboxylic acids is 2. The molecule has 44 heavy (non-hydrogen) atoms. The number of nitrogens with zero attached hydrogens (tertiary/aromatic N) is 2. The van der Waals surface area contributed by atoms with Crippen LogP contribution in [0.5, 0.6) is 5.75 Å². The standard InChI is InChI=1S/C34H42ClN3O5S/c1-43-32-20-10-9-19-30(32)38(44(2,41)42)22-12-21-33(39)37(25-27-15-11-16-28(35)23-27)31(24-26-13-5-3-6-14-26)34(40)36-29-17-7-4-8-18-29/h3,5-6,9-11,13-16,19-20,23,29,31H,4,7-8,12,17-18,21-22,24-25H2,1-2H3,(H,36,40)/t31-/m1/s1. The molecule has 0 unspecified atom stereocenters. The molecule has 8 nitrogen and oxygen atoms in total. The van der Waals surface area contributed by atoms with Crippen molar-refractivity contribution >= 4 is 39.1 Å². The molecule has 0 spiro atoms. The first-order valence-corrected chi connectivity index (χ1v) is 17.4. The minimum atomic E-state index is -3.66. The smallest absolute Gasteiger partial charge is 0.243 e. The molecule has 10 heteroatoms. The summed E-state index contributed by atoms with van der Waals surface area (Å²) in [5, 5.41) is 3.78. The lowest BCUT2D eigenvalue weighted by Gasteiger charge is -2.34. The molecule has 2 amide bonds. The van der Waals surface area contributed by atoms with E-state index in [1.165, 1.54) is 17.8 Å². The highest BCUT2D eigenvalue weighted by molar-refractivity contribution is 7.92. The van der Waals surface area contributed by atoms with Gasteiger partial charge in [-0.3, -0.25) is 13.9 Å². The molecule has 1 saturated carbocycles. The maximum absolute atomic E-state index is 14.1. The molecule has 1 aliphatic rings. The average molecular weight is 640 g/mol. The first kappa shape index (κ1) is 33.3. The van der Waals surface area contributed by atoms with E-state index in [0.29, 0.717) is 22.9 Å². The molecule has 1 atom stereocenters. The van der Waals surface area contributed by atoms with E-state index in [1.807, 2.05) is 42.5 Å². The number of methoxy groups -OCH3 is 1. The number of halogens is 1. The summed E-state index contributed by atoms with van der Waals surface area (Å²) in [6, 6.07) is 23.2. The van der Waals surface area contributed by atoms with Crippen LogP contribution in [0.25, 0.3) is 0 Å². The zero-order valence-corrected chi connectivity index (χ0v) is 27.0. The van der Waals surface area contributed by atoms with Crippen LogP contribution in [0.1, 0.15) is 56.1 Å². The number of benzene rings is 3. The van der Waals surface area contributed by atoms with Crippen molar-refractivity contribution in [3.05, 3.63) is 95.0 Å². The quantitative estimate of drug-likeness (QED) is 0.234. The largest absolute Gasteiger partial charge is 0.495 e. The average Bonchev–Trinajstić information content (AvgIpc) is 3.01. The van der Waals surface area contributed by atoms with Crippen LogP contribution in [-0.4, -0.2) is 57.1 Å². The van der Waals surface area contributed by atoms with Crippen molar-refractivity contribution in [1.82, 2.24) is 10.2 Å². The zero-order valence-electron chi connectivity index (χ0n) is 25.5. The van der Waals surface area contributed by atoms with Crippen molar-refractivity contribution in [3.63, 3.8) is 0 Å². The third-order valence-electron chi connectivity index (χ3n) is 7.97. The van der Waals surface area contributed by atoms with Gasteiger partial charge < -0.3 is 15.0 Å². The molecule has 0 saturated heterocycles. The predicted molar refractivity (Wildman–Crippen MR) is 175 cm³/mol. The Bertz CT molecular complexity index is 1500. The summed E-state index contributed by atoms with van der Waals surface area (Å²) in [5.41, 5.74) is 2.16. The number of para-hydroxylation sites is 2. The zero-order chi connectivity index (χ0) is 31.5. The summed E-state index contributed by atoms with van der Waals surface area (Å²) in [4.78, 5) is 29.7. The Balaban J connectivity index is 1.60. The van der Waals surface area contributed by atoms with E-state index in [9.17, 15) is 18.0 Å². The van der Waals surface area contributed by atoms with Crippen LogP contribution in [0.2, 0.25) is 5.02 Å². The topological polar surface area (TPSA) is 96.0 Å². The third kappa shape index (κ3) is 9.47. The van der Waals surface area contributed by atoms with E-state index >= 15 is 0 Å². The fourth-order valence-corrected chi connectivity index (χ4v) is 6.93. The minimum Gasteiger partial charge on any atom is -0.495 e. The Morgan fingerprint density at radius 2 is 1.64 bits per heavy atom. The summed E-state index contributed by atoms with van der Waals surface area (Å²) in [5.74, 6) is 0.00948. The van der Waals surface area contributed by atoms with E-state index in [2.05, 4.69) is 5.32 Å². The SMILES string of the molecule is COc1ccccc1N(CCCC(=O)N(Cc1cccc(Cl)c1)[C@H](Cc1ccccc1)C(=O)NC1CCCCC1)S(C)(=O)=O. The number of nitrogens with one attached hydrogen (secondary N) is 1. The molecule has 3 aromatic carbocycles. The van der Waals surface area contributed by atoms with Gasteiger partial charge in [-0.2, -0.15) is 0 Å². The van der Waals surface area contributed by atoms with E-state index in [-0.39, 0.29) is 43.8 Å². The van der Waals surface area contributed by atoms with Crippen LogP contribution in [0.3, 0.4) is 0 Å². The number of anilines is 1. The molecule has 1 aliphatic carbocycles. The molecule has 0 aliphatic heterocycles. The van der Waals surface area contributed by atoms with Crippen molar-refractivity contribution in [3.8, 4) is 5.75 Å². The van der Waals surface area contributed by atoms with Gasteiger partial charge in [0.25, 0.3) is 0 Å². The summed E-state index contributed by atoms with van der Waals surface area (Å²) in [6.07, 6.45) is 6.94. The molecular weight excluding hydrogens is 598 g/mol. The summed E-state index contributed by atoms with van der Waals surface area (Å²) in [6.45, 7) is 0.269. The van der Waals surface area contributed by atoms with Crippen molar-refractivity contribution in [1.29, 1.82) is 0 Å². The molecule has 0 heterocycles. The fraction of sp³-hybridized carbons (Fsp3) is 0.412. The highest BCUT2D eigenvalue weighted by atomic mass is 35.5. The second-order valence-corrected chi connectivity index (χ2v) is 13.7. The normalized spacial score (nSPS) is 14.4. The minimum absolute atomic E-state index is 0.0454. The van der Waals surface area contributed by atoms with Gasteiger partial charge in [-0.15, -0.1) is 0 Å². The predicted octanol–water partition coefficient (Wildman–Crippen LogP) is 5.98. The van der Waals surface area contributed by atoms with Crippen LogP contribution in [0.4, 0.5) is 5.69 Å². The van der Waals surface area contributed by atoms with Gasteiger partial charge in [0.1, 0.15) is 11.8 Å². The van der Waals surface area contributed by atoms with Crippen molar-refractivity contribution < 1.29 is 22.7 Å². The van der Waals surface area contributed by atoms with Gasteiger partial charge in [-0.1, -0.05) is 85.5 Å². The molecule has 3 aromatic rings. The van der Waals surface area contributed by atoms with Crippen LogP contribution in [0.15, 0.2) is 78.9 Å². The molecule has 0 bridgehead atoms. The summed E-state index contributed by atoms with van der Waals surface area (Å²) < 4.78 is 32.2. The van der Waals surface area contributed by atoms with Crippen LogP contribution < -0.4 is 14.4 Å². The Hall–Kier alpha value is -3.56. The summed E-state index contributed by atoms with van der Waals surface area (Å²) >= 11 is 6.30. The number of ether oxygens (including phenoxy) is 1. The molecule has 236 valence electrons. The number of sulfonamides is 1. The van der Waals surface area contributed by atoms with Crippen LogP contribution >= 0.6 is 11.6 Å². The Labute approximate surface area is 266 Å². The first-order valence-electron chi connectivity index (χ1n) is 15.1. The lowest BCUT2D eigenvalue weighted by molar-refractivity contribution is -0.141. The molecule has 0 radical (unpaired) electrons. The maximum Gasteiger partial charge on any atom is 0.243 e. The summed E-state index contributed by atoms with van der Waals surface area (Å²) in [7, 11) is -2.17. The van der Waals surface area contributed by atoms with Gasteiger partial charge in [0.15, 0.2) is 0 Å². The number of hydrogen-bond donors (Lipinski definition) is 1. The Morgan fingerprint density at radius 1 is 0.955 bits per heavy atom. The lowest BCUT2D eigenvalue weighted by atomic mass is 9.94. The number of carbonyl (C=O) groups is 2. The van der Waals surface area contributed by atoms with Gasteiger partial charge in [0.2, 0.25) is 21.8 Å². The highest BCUT2D eigenvalue weighted by Gasteiger charge is 2.32. The molecule has 1 fully saturated rings. The Morgan fingerprint density at radius 3 is 2.32 bits per heavy atom. The second kappa shape index (κ2) is 16.0. The molecular formula is C34H42ClN3O5S. The lowest BCUT2D eigenvalue weighted by Crippen LogP contribution is -2.52. The van der Waals surface area contributed by atoms with Crippen LogP contribution in [-0.2, 0) is 32.6 Å². The first-order chi connectivity index (χ1) is 21.2. The molecule has 4 rings (SSSR count). The molecule has 0 aromatic heterocycles. The van der Waals surface area contributed by atoms with Gasteiger partial charge in [0.05, 0.1) is 19.1 Å². The van der Waals surface area contributed by atoms with Crippen LogP contribution in [0, 0.1) is 0 Å². The van der Waals surface area contributed by atoms with Crippen molar-refractivity contribution in [2.75, 3.05) is 24.2 Å². The van der Waals surface area contributed by atoms with Gasteiger partial charge >= 0.3 is 0 Å². The van der Waals surface area contributed by atoms with Gasteiger partial charge in [0, 0.05) is 37.0 Å². The number of rotatable bonds is 14. The van der Waals surface area contributed by atoms with E-state index in [4.69, 9.17) is 16.3 Å². The third-order valence-corrected chi connectivity index (χ3v) is 9.39. The Kier molecular flexibility index (Phi) is 12.1. The van der Waals surface area contributed by atoms with Crippen molar-refractivity contribution in [2.24, 2.45) is 0 Å². The van der Waals surface area contributed by atoms with Gasteiger partial charge in [-0.25, -0.2) is 8.42 Å².